The first-order chi connectivity index (χ1) is 11.7. The molecule has 0 aliphatic heterocycles. The summed E-state index contributed by atoms with van der Waals surface area (Å²) in [6.45, 7) is 6.40. The monoisotopic (exact) mass is 342 g/mol. The minimum absolute atomic E-state index is 0.263. The maximum atomic E-state index is 6.22. The molecular formula is C20H23ClN2O. The zero-order valence-corrected chi connectivity index (χ0v) is 15.0. The number of hydrogen-bond donors (Lipinski definition) is 0. The second-order valence-corrected chi connectivity index (χ2v) is 6.26. The average Bonchev–Trinajstić information content (AvgIpc) is 2.95. The van der Waals surface area contributed by atoms with Crippen molar-refractivity contribution in [3.05, 3.63) is 64.9 Å². The molecule has 3 nitrogen and oxygen atoms in total. The van der Waals surface area contributed by atoms with E-state index in [9.17, 15) is 0 Å². The minimum Gasteiger partial charge on any atom is -0.380 e. The summed E-state index contributed by atoms with van der Waals surface area (Å²) < 4.78 is 7.84. The average molecular weight is 343 g/mol. The third-order valence-electron chi connectivity index (χ3n) is 4.33. The first kappa shape index (κ1) is 17.0. The van der Waals surface area contributed by atoms with Crippen LogP contribution in [0.1, 0.15) is 37.6 Å². The highest BCUT2D eigenvalue weighted by molar-refractivity contribution is 6.31. The third-order valence-corrected chi connectivity index (χ3v) is 4.56. The van der Waals surface area contributed by atoms with Crippen LogP contribution in [0, 0.1) is 0 Å². The fourth-order valence-electron chi connectivity index (χ4n) is 3.17. The second kappa shape index (κ2) is 7.82. The van der Waals surface area contributed by atoms with Crippen molar-refractivity contribution < 1.29 is 4.74 Å². The zero-order valence-electron chi connectivity index (χ0n) is 14.2. The first-order valence-electron chi connectivity index (χ1n) is 8.53. The molecule has 3 aromatic rings. The standard InChI is InChI=1S/C20H23ClN2O/c1-3-17(15-8-6-5-7-9-15)20-22-18-11-10-16(21)14-19(18)23(20)12-13-24-4-2/h5-11,14,17H,3-4,12-13H2,1-2H3. The molecule has 0 amide bonds. The van der Waals surface area contributed by atoms with Gasteiger partial charge in [0.1, 0.15) is 5.82 Å². The highest BCUT2D eigenvalue weighted by Crippen LogP contribution is 2.31. The van der Waals surface area contributed by atoms with E-state index in [0.29, 0.717) is 6.61 Å². The maximum absolute atomic E-state index is 6.22. The summed E-state index contributed by atoms with van der Waals surface area (Å²) in [6.07, 6.45) is 0.996. The van der Waals surface area contributed by atoms with Gasteiger partial charge >= 0.3 is 0 Å². The van der Waals surface area contributed by atoms with Crippen LogP contribution in [0.3, 0.4) is 0 Å². The number of fused-ring (bicyclic) bond motifs is 1. The van der Waals surface area contributed by atoms with Crippen LogP contribution in [0.2, 0.25) is 5.02 Å². The van der Waals surface area contributed by atoms with Crippen LogP contribution in [-0.2, 0) is 11.3 Å². The molecule has 0 aliphatic rings. The number of halogens is 1. The van der Waals surface area contributed by atoms with Crippen molar-refractivity contribution in [2.75, 3.05) is 13.2 Å². The van der Waals surface area contributed by atoms with Gasteiger partial charge in [-0.1, -0.05) is 48.9 Å². The summed E-state index contributed by atoms with van der Waals surface area (Å²) in [5.41, 5.74) is 3.35. The van der Waals surface area contributed by atoms with Gasteiger partial charge in [0, 0.05) is 24.1 Å². The predicted octanol–water partition coefficient (Wildman–Crippen LogP) is 5.27. The summed E-state index contributed by atoms with van der Waals surface area (Å²) in [7, 11) is 0. The van der Waals surface area contributed by atoms with E-state index in [1.54, 1.807) is 0 Å². The maximum Gasteiger partial charge on any atom is 0.117 e. The lowest BCUT2D eigenvalue weighted by molar-refractivity contribution is 0.139. The lowest BCUT2D eigenvalue weighted by Gasteiger charge is -2.17. The quantitative estimate of drug-likeness (QED) is 0.547. The molecule has 2 aromatic carbocycles. The normalized spacial score (nSPS) is 12.6. The number of aromatic nitrogens is 2. The lowest BCUT2D eigenvalue weighted by atomic mass is 9.95. The van der Waals surface area contributed by atoms with Gasteiger partial charge in [0.2, 0.25) is 0 Å². The van der Waals surface area contributed by atoms with Gasteiger partial charge < -0.3 is 9.30 Å². The molecule has 1 heterocycles. The van der Waals surface area contributed by atoms with Crippen LogP contribution in [0.5, 0.6) is 0 Å². The Kier molecular flexibility index (Phi) is 5.54. The summed E-state index contributed by atoms with van der Waals surface area (Å²) in [4.78, 5) is 4.93. The van der Waals surface area contributed by atoms with Gasteiger partial charge in [-0.15, -0.1) is 0 Å². The number of rotatable bonds is 7. The summed E-state index contributed by atoms with van der Waals surface area (Å²) in [5, 5.41) is 0.736. The molecule has 0 aliphatic carbocycles. The van der Waals surface area contributed by atoms with Gasteiger partial charge in [-0.05, 0) is 37.1 Å². The highest BCUT2D eigenvalue weighted by atomic mass is 35.5. The van der Waals surface area contributed by atoms with Crippen molar-refractivity contribution in [2.45, 2.75) is 32.7 Å². The van der Waals surface area contributed by atoms with Crippen LogP contribution in [0.15, 0.2) is 48.5 Å². The smallest absolute Gasteiger partial charge is 0.117 e. The topological polar surface area (TPSA) is 27.1 Å². The highest BCUT2D eigenvalue weighted by Gasteiger charge is 2.20. The molecule has 1 atom stereocenters. The summed E-state index contributed by atoms with van der Waals surface area (Å²) in [6, 6.07) is 16.5. The van der Waals surface area contributed by atoms with Crippen molar-refractivity contribution in [3.63, 3.8) is 0 Å². The molecule has 0 N–H and O–H groups in total. The SMILES string of the molecule is CCOCCn1c(C(CC)c2ccccc2)nc2ccc(Cl)cc21. The molecular weight excluding hydrogens is 320 g/mol. The fourth-order valence-corrected chi connectivity index (χ4v) is 3.33. The van der Waals surface area contributed by atoms with Crippen molar-refractivity contribution in [1.29, 1.82) is 0 Å². The molecule has 0 spiro atoms. The van der Waals surface area contributed by atoms with Gasteiger partial charge in [0.25, 0.3) is 0 Å². The number of nitrogens with zero attached hydrogens (tertiary/aromatic N) is 2. The molecule has 1 unspecified atom stereocenters. The molecule has 0 saturated heterocycles. The largest absolute Gasteiger partial charge is 0.380 e. The number of imidazole rings is 1. The van der Waals surface area contributed by atoms with Gasteiger partial charge in [0.05, 0.1) is 17.6 Å². The van der Waals surface area contributed by atoms with Gasteiger partial charge in [-0.3, -0.25) is 0 Å². The Morgan fingerprint density at radius 3 is 2.62 bits per heavy atom. The molecule has 0 fully saturated rings. The van der Waals surface area contributed by atoms with Crippen LogP contribution in [0.4, 0.5) is 0 Å². The molecule has 4 heteroatoms. The van der Waals surface area contributed by atoms with E-state index in [2.05, 4.69) is 35.8 Å². The van der Waals surface area contributed by atoms with E-state index in [1.807, 2.05) is 31.2 Å². The van der Waals surface area contributed by atoms with Crippen molar-refractivity contribution >= 4 is 22.6 Å². The first-order valence-corrected chi connectivity index (χ1v) is 8.90. The summed E-state index contributed by atoms with van der Waals surface area (Å²) in [5.74, 6) is 1.35. The molecule has 0 saturated carbocycles. The molecule has 0 bridgehead atoms. The van der Waals surface area contributed by atoms with Crippen LogP contribution in [-0.4, -0.2) is 22.8 Å². The van der Waals surface area contributed by atoms with Crippen molar-refractivity contribution in [3.8, 4) is 0 Å². The molecule has 0 radical (unpaired) electrons. The van der Waals surface area contributed by atoms with E-state index >= 15 is 0 Å². The molecule has 3 rings (SSSR count). The van der Waals surface area contributed by atoms with Gasteiger partial charge in [-0.25, -0.2) is 4.98 Å². The van der Waals surface area contributed by atoms with E-state index in [1.165, 1.54) is 5.56 Å². The second-order valence-electron chi connectivity index (χ2n) is 5.82. The molecule has 1 aromatic heterocycles. The van der Waals surface area contributed by atoms with E-state index in [0.717, 1.165) is 41.5 Å². The Balaban J connectivity index is 2.09. The minimum atomic E-state index is 0.263. The van der Waals surface area contributed by atoms with E-state index in [4.69, 9.17) is 21.3 Å². The third kappa shape index (κ3) is 3.47. The zero-order chi connectivity index (χ0) is 16.9. The van der Waals surface area contributed by atoms with Crippen molar-refractivity contribution in [2.24, 2.45) is 0 Å². The van der Waals surface area contributed by atoms with E-state index < -0.39 is 0 Å². The Labute approximate surface area is 148 Å². The van der Waals surface area contributed by atoms with Crippen LogP contribution < -0.4 is 0 Å². The Bertz CT molecular complexity index is 798. The number of hydrogen-bond acceptors (Lipinski definition) is 2. The Hall–Kier alpha value is -1.84. The number of ether oxygens (including phenoxy) is 1. The van der Waals surface area contributed by atoms with Crippen LogP contribution in [0.25, 0.3) is 11.0 Å². The van der Waals surface area contributed by atoms with E-state index in [-0.39, 0.29) is 5.92 Å². The number of benzene rings is 2. The predicted molar refractivity (Wildman–Crippen MR) is 99.8 cm³/mol. The lowest BCUT2D eigenvalue weighted by Crippen LogP contribution is -2.13. The molecule has 126 valence electrons. The van der Waals surface area contributed by atoms with Gasteiger partial charge in [-0.2, -0.15) is 0 Å². The Morgan fingerprint density at radius 2 is 1.92 bits per heavy atom. The molecule has 24 heavy (non-hydrogen) atoms. The fraction of sp³-hybridized carbons (Fsp3) is 0.350. The van der Waals surface area contributed by atoms with Gasteiger partial charge in [0.15, 0.2) is 0 Å². The van der Waals surface area contributed by atoms with Crippen molar-refractivity contribution in [1.82, 2.24) is 9.55 Å². The Morgan fingerprint density at radius 1 is 1.12 bits per heavy atom. The van der Waals surface area contributed by atoms with Crippen LogP contribution >= 0.6 is 11.6 Å². The summed E-state index contributed by atoms with van der Waals surface area (Å²) >= 11 is 6.22.